The Morgan fingerprint density at radius 1 is 1.48 bits per heavy atom. The summed E-state index contributed by atoms with van der Waals surface area (Å²) in [6, 6.07) is -1.08. The van der Waals surface area contributed by atoms with Crippen LogP contribution in [-0.2, 0) is 9.53 Å². The van der Waals surface area contributed by atoms with E-state index in [2.05, 4.69) is 31.4 Å². The summed E-state index contributed by atoms with van der Waals surface area (Å²) in [5, 5.41) is 14.2. The molecule has 2 aliphatic carbocycles. The van der Waals surface area contributed by atoms with Crippen molar-refractivity contribution < 1.29 is 19.4 Å². The van der Waals surface area contributed by atoms with E-state index in [0.717, 1.165) is 12.8 Å². The van der Waals surface area contributed by atoms with Gasteiger partial charge in [-0.1, -0.05) is 20.8 Å². The van der Waals surface area contributed by atoms with Gasteiger partial charge >= 0.3 is 6.09 Å². The third-order valence-electron chi connectivity index (χ3n) is 6.45. The molecule has 1 heterocycles. The van der Waals surface area contributed by atoms with Crippen LogP contribution in [0.2, 0.25) is 0 Å². The quantitative estimate of drug-likeness (QED) is 0.672. The number of ether oxygens (including phenoxy) is 1. The molecule has 21 heavy (non-hydrogen) atoms. The molecule has 2 bridgehead atoms. The Morgan fingerprint density at radius 3 is 2.67 bits per heavy atom. The molecule has 6 heteroatoms. The van der Waals surface area contributed by atoms with Crippen molar-refractivity contribution in [3.8, 4) is 0 Å². The number of amides is 2. The van der Waals surface area contributed by atoms with Crippen molar-refractivity contribution in [3.05, 3.63) is 0 Å². The highest BCUT2D eigenvalue weighted by Gasteiger charge is 2.63. The first-order chi connectivity index (χ1) is 9.79. The first-order valence-corrected chi connectivity index (χ1v) is 7.68. The number of aliphatic hydroxyl groups is 1. The molecular weight excluding hydrogens is 272 g/mol. The number of carbonyl (C=O) groups is 2. The van der Waals surface area contributed by atoms with Crippen molar-refractivity contribution in [3.63, 3.8) is 0 Å². The second-order valence-corrected chi connectivity index (χ2v) is 7.42. The normalized spacial score (nSPS) is 43.1. The average molecular weight is 296 g/mol. The van der Waals surface area contributed by atoms with E-state index in [4.69, 9.17) is 9.84 Å². The Hall–Kier alpha value is -1.30. The Morgan fingerprint density at radius 2 is 2.19 bits per heavy atom. The van der Waals surface area contributed by atoms with Gasteiger partial charge in [-0.15, -0.1) is 0 Å². The number of rotatable bonds is 3. The molecule has 2 saturated carbocycles. The van der Waals surface area contributed by atoms with Crippen molar-refractivity contribution in [1.29, 1.82) is 0 Å². The first kappa shape index (κ1) is 14.6. The van der Waals surface area contributed by atoms with Crippen LogP contribution >= 0.6 is 0 Å². The van der Waals surface area contributed by atoms with Gasteiger partial charge in [-0.3, -0.25) is 4.79 Å². The summed E-state index contributed by atoms with van der Waals surface area (Å²) in [4.78, 5) is 23.4. The van der Waals surface area contributed by atoms with E-state index < -0.39 is 18.2 Å². The predicted molar refractivity (Wildman–Crippen MR) is 75.4 cm³/mol. The zero-order valence-electron chi connectivity index (χ0n) is 12.8. The van der Waals surface area contributed by atoms with Crippen LogP contribution in [0.25, 0.3) is 0 Å². The van der Waals surface area contributed by atoms with Gasteiger partial charge in [0.2, 0.25) is 5.91 Å². The fourth-order valence-corrected chi connectivity index (χ4v) is 4.36. The summed E-state index contributed by atoms with van der Waals surface area (Å²) >= 11 is 0. The monoisotopic (exact) mass is 296 g/mol. The lowest BCUT2D eigenvalue weighted by atomic mass is 9.70. The van der Waals surface area contributed by atoms with Gasteiger partial charge in [-0.2, -0.15) is 0 Å². The molecule has 5 unspecified atom stereocenters. The summed E-state index contributed by atoms with van der Waals surface area (Å²) < 4.78 is 5.62. The lowest BCUT2D eigenvalue weighted by molar-refractivity contribution is -0.132. The number of carbonyl (C=O) groups excluding carboxylic acids is 2. The lowest BCUT2D eigenvalue weighted by Crippen LogP contribution is -2.70. The SMILES string of the molecule is CC1(C)C2CCC1(C)C(OC(=O)NC1C(=O)NC1CO)C2. The van der Waals surface area contributed by atoms with Gasteiger partial charge in [0.25, 0.3) is 0 Å². The maximum Gasteiger partial charge on any atom is 0.408 e. The third kappa shape index (κ3) is 1.95. The molecule has 5 atom stereocenters. The van der Waals surface area contributed by atoms with Crippen LogP contribution in [0.4, 0.5) is 4.79 Å². The van der Waals surface area contributed by atoms with Crippen LogP contribution in [0, 0.1) is 16.7 Å². The van der Waals surface area contributed by atoms with Crippen LogP contribution in [0.15, 0.2) is 0 Å². The Kier molecular flexibility index (Phi) is 3.20. The summed E-state index contributed by atoms with van der Waals surface area (Å²) in [5.41, 5.74) is 0.187. The second kappa shape index (κ2) is 4.60. The van der Waals surface area contributed by atoms with Crippen LogP contribution in [0.3, 0.4) is 0 Å². The van der Waals surface area contributed by atoms with Crippen molar-refractivity contribution in [2.24, 2.45) is 16.7 Å². The van der Waals surface area contributed by atoms with Crippen molar-refractivity contribution in [1.82, 2.24) is 10.6 Å². The zero-order valence-corrected chi connectivity index (χ0v) is 12.8. The van der Waals surface area contributed by atoms with Crippen molar-refractivity contribution >= 4 is 12.0 Å². The molecule has 3 fully saturated rings. The van der Waals surface area contributed by atoms with Gasteiger partial charge in [0.1, 0.15) is 12.1 Å². The molecule has 1 aliphatic heterocycles. The topological polar surface area (TPSA) is 87.7 Å². The summed E-state index contributed by atoms with van der Waals surface area (Å²) in [6.45, 7) is 6.53. The minimum Gasteiger partial charge on any atom is -0.446 e. The number of hydrogen-bond donors (Lipinski definition) is 3. The van der Waals surface area contributed by atoms with E-state index in [0.29, 0.717) is 5.92 Å². The Bertz CT molecular complexity index is 478. The number of alkyl carbamates (subject to hydrolysis) is 1. The van der Waals surface area contributed by atoms with Gasteiger partial charge in [0.15, 0.2) is 0 Å². The van der Waals surface area contributed by atoms with Crippen LogP contribution < -0.4 is 10.6 Å². The zero-order chi connectivity index (χ0) is 15.4. The van der Waals surface area contributed by atoms with Crippen molar-refractivity contribution in [2.45, 2.75) is 58.2 Å². The minimum atomic E-state index is -0.679. The number of nitrogens with one attached hydrogen (secondary N) is 2. The van der Waals surface area contributed by atoms with E-state index in [1.54, 1.807) is 0 Å². The van der Waals surface area contributed by atoms with E-state index >= 15 is 0 Å². The van der Waals surface area contributed by atoms with Gasteiger partial charge < -0.3 is 20.5 Å². The smallest absolute Gasteiger partial charge is 0.408 e. The molecule has 3 aliphatic rings. The number of hydrogen-bond acceptors (Lipinski definition) is 4. The van der Waals surface area contributed by atoms with Gasteiger partial charge in [-0.25, -0.2) is 4.79 Å². The summed E-state index contributed by atoms with van der Waals surface area (Å²) in [5.74, 6) is 0.322. The lowest BCUT2D eigenvalue weighted by Gasteiger charge is -2.39. The van der Waals surface area contributed by atoms with Gasteiger partial charge in [0, 0.05) is 5.41 Å². The van der Waals surface area contributed by atoms with Crippen LogP contribution in [-0.4, -0.2) is 41.9 Å². The van der Waals surface area contributed by atoms with E-state index in [-0.39, 0.29) is 29.4 Å². The molecule has 118 valence electrons. The molecule has 6 nitrogen and oxygen atoms in total. The molecular formula is C15H24N2O4. The summed E-state index contributed by atoms with van der Waals surface area (Å²) in [6.07, 6.45) is 2.52. The maximum atomic E-state index is 12.0. The van der Waals surface area contributed by atoms with Crippen LogP contribution in [0.1, 0.15) is 40.0 Å². The van der Waals surface area contributed by atoms with Gasteiger partial charge in [0.05, 0.1) is 12.6 Å². The van der Waals surface area contributed by atoms with E-state index in [1.165, 1.54) is 6.42 Å². The molecule has 3 N–H and O–H groups in total. The third-order valence-corrected chi connectivity index (χ3v) is 6.45. The molecule has 0 spiro atoms. The molecule has 0 aromatic rings. The highest BCUT2D eigenvalue weighted by Crippen LogP contribution is 2.66. The molecule has 2 amide bonds. The number of aliphatic hydroxyl groups excluding tert-OH is 1. The predicted octanol–water partition coefficient (Wildman–Crippen LogP) is 0.787. The first-order valence-electron chi connectivity index (χ1n) is 7.68. The maximum absolute atomic E-state index is 12.0. The molecule has 3 rings (SSSR count). The van der Waals surface area contributed by atoms with Gasteiger partial charge in [-0.05, 0) is 30.6 Å². The fourth-order valence-electron chi connectivity index (χ4n) is 4.36. The summed E-state index contributed by atoms with van der Waals surface area (Å²) in [7, 11) is 0. The molecule has 0 aromatic heterocycles. The largest absolute Gasteiger partial charge is 0.446 e. The average Bonchev–Trinajstić information content (AvgIpc) is 2.75. The molecule has 1 saturated heterocycles. The Balaban J connectivity index is 1.61. The molecule has 0 radical (unpaired) electrons. The fraction of sp³-hybridized carbons (Fsp3) is 0.867. The Labute approximate surface area is 124 Å². The van der Waals surface area contributed by atoms with E-state index in [9.17, 15) is 9.59 Å². The molecule has 0 aromatic carbocycles. The second-order valence-electron chi connectivity index (χ2n) is 7.42. The highest BCUT2D eigenvalue weighted by molar-refractivity contribution is 5.92. The van der Waals surface area contributed by atoms with Crippen LogP contribution in [0.5, 0.6) is 0 Å². The number of fused-ring (bicyclic) bond motifs is 2. The highest BCUT2D eigenvalue weighted by atomic mass is 16.6. The number of β-lactam (4-membered cyclic amide) rings is 1. The van der Waals surface area contributed by atoms with Crippen molar-refractivity contribution in [2.75, 3.05) is 6.61 Å². The van der Waals surface area contributed by atoms with E-state index in [1.807, 2.05) is 0 Å². The standard InChI is InChI=1S/C15H24N2O4/c1-14(2)8-4-5-15(14,3)10(6-8)21-13(20)17-11-9(7-18)16-12(11)19/h8-11,18H,4-7H2,1-3H3,(H,16,19)(H,17,20). The minimum absolute atomic E-state index is 0.00720.